The van der Waals surface area contributed by atoms with E-state index in [9.17, 15) is 9.90 Å². The minimum Gasteiger partial charge on any atom is -0.496 e. The summed E-state index contributed by atoms with van der Waals surface area (Å²) in [7, 11) is 1.59. The fourth-order valence-electron chi connectivity index (χ4n) is 4.11. The van der Waals surface area contributed by atoms with Crippen LogP contribution in [0.3, 0.4) is 0 Å². The third-order valence-corrected chi connectivity index (χ3v) is 6.86. The molecule has 1 aromatic rings. The molecule has 2 aliphatic rings. The lowest BCUT2D eigenvalue weighted by Crippen LogP contribution is -2.45. The van der Waals surface area contributed by atoms with E-state index in [0.717, 1.165) is 25.7 Å². The third-order valence-electron chi connectivity index (χ3n) is 5.70. The Morgan fingerprint density at radius 1 is 1.33 bits per heavy atom. The second-order valence-electron chi connectivity index (χ2n) is 7.04. The Hall–Kier alpha value is -1.20. The van der Waals surface area contributed by atoms with Crippen molar-refractivity contribution in [3.63, 3.8) is 0 Å². The van der Waals surface area contributed by atoms with Gasteiger partial charge in [0.05, 0.1) is 18.8 Å². The number of nitrogens with one attached hydrogen (secondary N) is 1. The number of aliphatic hydroxyl groups excluding tert-OH is 1. The molecule has 132 valence electrons. The van der Waals surface area contributed by atoms with E-state index >= 15 is 0 Å². The summed E-state index contributed by atoms with van der Waals surface area (Å²) in [6.07, 6.45) is 4.77. The maximum absolute atomic E-state index is 12.6. The number of aliphatic hydroxyl groups is 1. The van der Waals surface area contributed by atoms with Gasteiger partial charge in [0.1, 0.15) is 5.75 Å². The molecule has 2 N–H and O–H groups in total. The number of carbonyl (C=O) groups is 1. The van der Waals surface area contributed by atoms with Crippen molar-refractivity contribution in [1.29, 1.82) is 0 Å². The molecule has 2 fully saturated rings. The quantitative estimate of drug-likeness (QED) is 0.858. The van der Waals surface area contributed by atoms with Crippen molar-refractivity contribution in [2.75, 3.05) is 25.2 Å². The molecule has 1 unspecified atom stereocenters. The van der Waals surface area contributed by atoms with Gasteiger partial charge in [-0.1, -0.05) is 12.1 Å². The summed E-state index contributed by atoms with van der Waals surface area (Å²) >= 11 is 2.02. The number of rotatable bonds is 5. The summed E-state index contributed by atoms with van der Waals surface area (Å²) in [6.45, 7) is 0.696. The fourth-order valence-corrected chi connectivity index (χ4v) is 5.53. The maximum Gasteiger partial charge on any atom is 0.255 e. The largest absolute Gasteiger partial charge is 0.496 e. The van der Waals surface area contributed by atoms with Crippen LogP contribution >= 0.6 is 11.8 Å². The van der Waals surface area contributed by atoms with Gasteiger partial charge >= 0.3 is 0 Å². The van der Waals surface area contributed by atoms with Crippen molar-refractivity contribution in [2.45, 2.75) is 38.2 Å². The van der Waals surface area contributed by atoms with Gasteiger partial charge in [0, 0.05) is 6.54 Å². The van der Waals surface area contributed by atoms with Crippen molar-refractivity contribution >= 4 is 17.7 Å². The summed E-state index contributed by atoms with van der Waals surface area (Å²) in [5.41, 5.74) is 0.729. The summed E-state index contributed by atoms with van der Waals surface area (Å²) < 4.78 is 5.30. The number of thioether (sulfide) groups is 1. The second-order valence-corrected chi connectivity index (χ2v) is 8.19. The van der Waals surface area contributed by atoms with Crippen LogP contribution in [0.5, 0.6) is 5.75 Å². The number of benzene rings is 1. The molecule has 5 heteroatoms. The van der Waals surface area contributed by atoms with E-state index in [1.807, 2.05) is 30.0 Å². The first-order valence-corrected chi connectivity index (χ1v) is 9.97. The molecule has 1 aliphatic heterocycles. The molecule has 0 spiro atoms. The standard InChI is InChI=1S/C19H27NO3S/c1-23-17-5-3-2-4-16(17)18(22)20-13-19(14-8-11-24-12-14)9-6-15(21)7-10-19/h2-5,14-15,21H,6-13H2,1H3,(H,20,22)/t14?,15-,19-. The van der Waals surface area contributed by atoms with Crippen LogP contribution in [0.1, 0.15) is 42.5 Å². The molecule has 1 aromatic carbocycles. The van der Waals surface area contributed by atoms with Crippen molar-refractivity contribution in [2.24, 2.45) is 11.3 Å². The van der Waals surface area contributed by atoms with Crippen LogP contribution in [0.4, 0.5) is 0 Å². The van der Waals surface area contributed by atoms with Crippen molar-refractivity contribution < 1.29 is 14.6 Å². The van der Waals surface area contributed by atoms with Crippen molar-refractivity contribution in [3.05, 3.63) is 29.8 Å². The van der Waals surface area contributed by atoms with E-state index in [0.29, 0.717) is 23.8 Å². The molecule has 3 rings (SSSR count). The van der Waals surface area contributed by atoms with E-state index in [-0.39, 0.29) is 17.4 Å². The normalized spacial score (nSPS) is 30.1. The van der Waals surface area contributed by atoms with Gasteiger partial charge in [-0.3, -0.25) is 4.79 Å². The van der Waals surface area contributed by atoms with Gasteiger partial charge < -0.3 is 15.2 Å². The van der Waals surface area contributed by atoms with Crippen LogP contribution in [0.15, 0.2) is 24.3 Å². The molecule has 1 amide bonds. The molecule has 24 heavy (non-hydrogen) atoms. The van der Waals surface area contributed by atoms with E-state index in [1.54, 1.807) is 13.2 Å². The molecule has 1 aliphatic carbocycles. The zero-order valence-electron chi connectivity index (χ0n) is 14.3. The Morgan fingerprint density at radius 3 is 2.75 bits per heavy atom. The van der Waals surface area contributed by atoms with Gasteiger partial charge in [0.15, 0.2) is 0 Å². The number of amides is 1. The van der Waals surface area contributed by atoms with Gasteiger partial charge in [-0.2, -0.15) is 11.8 Å². The number of para-hydroxylation sites is 1. The fraction of sp³-hybridized carbons (Fsp3) is 0.632. The lowest BCUT2D eigenvalue weighted by atomic mass is 9.65. The Balaban J connectivity index is 1.70. The van der Waals surface area contributed by atoms with E-state index in [1.165, 1.54) is 17.9 Å². The van der Waals surface area contributed by atoms with Gasteiger partial charge in [0.2, 0.25) is 0 Å². The summed E-state index contributed by atoms with van der Waals surface area (Å²) in [4.78, 5) is 12.6. The number of hydrogen-bond donors (Lipinski definition) is 2. The average Bonchev–Trinajstić information content (AvgIpc) is 3.16. The van der Waals surface area contributed by atoms with Gasteiger partial charge in [-0.25, -0.2) is 0 Å². The molecule has 1 saturated heterocycles. The Kier molecular flexibility index (Phi) is 5.72. The first-order chi connectivity index (χ1) is 11.6. The molecule has 4 nitrogen and oxygen atoms in total. The Labute approximate surface area is 148 Å². The number of carbonyl (C=O) groups excluding carboxylic acids is 1. The van der Waals surface area contributed by atoms with Gasteiger partial charge in [0.25, 0.3) is 5.91 Å². The number of ether oxygens (including phenoxy) is 1. The van der Waals surface area contributed by atoms with E-state index < -0.39 is 0 Å². The summed E-state index contributed by atoms with van der Waals surface area (Å²) in [5, 5.41) is 13.1. The van der Waals surface area contributed by atoms with Crippen LogP contribution in [-0.2, 0) is 0 Å². The molecule has 1 atom stereocenters. The zero-order valence-corrected chi connectivity index (χ0v) is 15.1. The molecular weight excluding hydrogens is 322 g/mol. The van der Waals surface area contributed by atoms with Gasteiger partial charge in [-0.15, -0.1) is 0 Å². The predicted octanol–water partition coefficient (Wildman–Crippen LogP) is 3.10. The Bertz CT molecular complexity index is 563. The molecule has 1 saturated carbocycles. The highest BCUT2D eigenvalue weighted by molar-refractivity contribution is 7.99. The van der Waals surface area contributed by atoms with Crippen molar-refractivity contribution in [3.8, 4) is 5.75 Å². The lowest BCUT2D eigenvalue weighted by molar-refractivity contribution is 0.0311. The van der Waals surface area contributed by atoms with Crippen molar-refractivity contribution in [1.82, 2.24) is 5.32 Å². The van der Waals surface area contributed by atoms with Crippen LogP contribution in [-0.4, -0.2) is 42.3 Å². The zero-order chi connectivity index (χ0) is 17.0. The second kappa shape index (κ2) is 7.79. The first-order valence-electron chi connectivity index (χ1n) is 8.82. The average molecular weight is 349 g/mol. The smallest absolute Gasteiger partial charge is 0.255 e. The van der Waals surface area contributed by atoms with Crippen LogP contribution in [0, 0.1) is 11.3 Å². The van der Waals surface area contributed by atoms with Crippen LogP contribution in [0.2, 0.25) is 0 Å². The summed E-state index contributed by atoms with van der Waals surface area (Å²) in [5.74, 6) is 3.59. The monoisotopic (exact) mass is 349 g/mol. The third kappa shape index (κ3) is 3.72. The highest BCUT2D eigenvalue weighted by Crippen LogP contribution is 2.47. The topological polar surface area (TPSA) is 58.6 Å². The highest BCUT2D eigenvalue weighted by Gasteiger charge is 2.43. The molecule has 0 bridgehead atoms. The predicted molar refractivity (Wildman–Crippen MR) is 97.7 cm³/mol. The minimum absolute atomic E-state index is 0.0661. The highest BCUT2D eigenvalue weighted by atomic mass is 32.2. The number of hydrogen-bond acceptors (Lipinski definition) is 4. The minimum atomic E-state index is -0.169. The maximum atomic E-state index is 12.6. The number of methoxy groups -OCH3 is 1. The van der Waals surface area contributed by atoms with Crippen LogP contribution < -0.4 is 10.1 Å². The Morgan fingerprint density at radius 2 is 2.08 bits per heavy atom. The van der Waals surface area contributed by atoms with E-state index in [4.69, 9.17) is 4.74 Å². The molecular formula is C19H27NO3S. The molecule has 1 heterocycles. The lowest BCUT2D eigenvalue weighted by Gasteiger charge is -2.43. The SMILES string of the molecule is COc1ccccc1C(=O)NC[C@]1(C2CCSC2)CC[C@H](O)CC1. The molecule has 0 aromatic heterocycles. The van der Waals surface area contributed by atoms with Gasteiger partial charge in [-0.05, 0) is 67.1 Å². The summed E-state index contributed by atoms with van der Waals surface area (Å²) in [6, 6.07) is 7.35. The van der Waals surface area contributed by atoms with E-state index in [2.05, 4.69) is 5.32 Å². The van der Waals surface area contributed by atoms with Crippen LogP contribution in [0.25, 0.3) is 0 Å². The first kappa shape index (κ1) is 17.6. The molecule has 0 radical (unpaired) electrons.